The van der Waals surface area contributed by atoms with Gasteiger partial charge in [-0.2, -0.15) is 0 Å². The molecule has 1 amide bonds. The highest BCUT2D eigenvalue weighted by atomic mass is 79.9. The summed E-state index contributed by atoms with van der Waals surface area (Å²) in [5.41, 5.74) is 1.47. The van der Waals surface area contributed by atoms with E-state index in [1.165, 1.54) is 11.3 Å². The van der Waals surface area contributed by atoms with E-state index in [2.05, 4.69) is 31.4 Å². The number of carbonyl (C=O) groups is 1. The highest BCUT2D eigenvalue weighted by Gasteiger charge is 2.14. The van der Waals surface area contributed by atoms with Crippen molar-refractivity contribution in [1.82, 2.24) is 10.2 Å². The lowest BCUT2D eigenvalue weighted by atomic mass is 10.1. The van der Waals surface area contributed by atoms with Crippen molar-refractivity contribution in [3.63, 3.8) is 0 Å². The van der Waals surface area contributed by atoms with Crippen LogP contribution < -0.4 is 5.32 Å². The number of thiophene rings is 1. The van der Waals surface area contributed by atoms with Crippen molar-refractivity contribution in [2.24, 2.45) is 0 Å². The van der Waals surface area contributed by atoms with Crippen LogP contribution >= 0.6 is 27.3 Å². The first-order valence-electron chi connectivity index (χ1n) is 6.09. The maximum atomic E-state index is 12.1. The number of hydrogen-bond acceptors (Lipinski definition) is 5. The van der Waals surface area contributed by atoms with Gasteiger partial charge < -0.3 is 4.42 Å². The van der Waals surface area contributed by atoms with Crippen molar-refractivity contribution in [3.05, 3.63) is 51.3 Å². The molecule has 0 atom stereocenters. The maximum absolute atomic E-state index is 12.1. The van der Waals surface area contributed by atoms with Gasteiger partial charge in [0.05, 0.1) is 8.66 Å². The molecular weight excluding hydrogens is 354 g/mol. The molecule has 7 heteroatoms. The second-order valence-electron chi connectivity index (χ2n) is 4.29. The summed E-state index contributed by atoms with van der Waals surface area (Å²) in [5, 5.41) is 10.4. The molecule has 2 heterocycles. The average molecular weight is 364 g/mol. The third kappa shape index (κ3) is 3.03. The lowest BCUT2D eigenvalue weighted by molar-refractivity contribution is 0.102. The summed E-state index contributed by atoms with van der Waals surface area (Å²) in [6.07, 6.45) is 0. The number of nitrogens with zero attached hydrogens (tertiary/aromatic N) is 2. The minimum absolute atomic E-state index is 0.0859. The zero-order valence-electron chi connectivity index (χ0n) is 11.0. The van der Waals surface area contributed by atoms with E-state index >= 15 is 0 Å². The molecule has 0 bridgehead atoms. The fourth-order valence-corrected chi connectivity index (χ4v) is 3.10. The normalized spacial score (nSPS) is 10.6. The molecule has 0 fully saturated rings. The number of rotatable bonds is 3. The molecule has 0 aliphatic heterocycles. The number of nitrogens with one attached hydrogen (secondary N) is 1. The molecule has 3 rings (SSSR count). The van der Waals surface area contributed by atoms with Crippen LogP contribution in [0.25, 0.3) is 10.8 Å². The van der Waals surface area contributed by atoms with Gasteiger partial charge in [0, 0.05) is 5.56 Å². The molecule has 106 valence electrons. The van der Waals surface area contributed by atoms with Gasteiger partial charge in [0.15, 0.2) is 0 Å². The molecular formula is C14H10BrN3O2S. The molecule has 21 heavy (non-hydrogen) atoms. The first kappa shape index (κ1) is 14.0. The van der Waals surface area contributed by atoms with E-state index < -0.39 is 0 Å². The minimum atomic E-state index is -0.268. The number of aromatic nitrogens is 2. The average Bonchev–Trinajstić information content (AvgIpc) is 3.08. The molecule has 2 aromatic heterocycles. The van der Waals surface area contributed by atoms with Gasteiger partial charge in [-0.1, -0.05) is 23.3 Å². The largest absolute Gasteiger partial charge is 0.402 e. The van der Waals surface area contributed by atoms with Crippen LogP contribution in [0.4, 0.5) is 6.01 Å². The van der Waals surface area contributed by atoms with Gasteiger partial charge in [0.1, 0.15) is 0 Å². The predicted molar refractivity (Wildman–Crippen MR) is 84.4 cm³/mol. The molecule has 0 spiro atoms. The van der Waals surface area contributed by atoms with Crippen molar-refractivity contribution < 1.29 is 9.21 Å². The molecule has 1 N–H and O–H groups in total. The number of aryl methyl sites for hydroxylation is 1. The summed E-state index contributed by atoms with van der Waals surface area (Å²) >= 11 is 4.85. The topological polar surface area (TPSA) is 68.0 Å². The minimum Gasteiger partial charge on any atom is -0.402 e. The van der Waals surface area contributed by atoms with E-state index in [1.54, 1.807) is 6.07 Å². The Morgan fingerprint density at radius 3 is 2.76 bits per heavy atom. The molecule has 0 saturated heterocycles. The Balaban J connectivity index is 1.79. The Kier molecular flexibility index (Phi) is 3.85. The van der Waals surface area contributed by atoms with Crippen LogP contribution in [-0.4, -0.2) is 16.1 Å². The van der Waals surface area contributed by atoms with E-state index in [-0.39, 0.29) is 11.9 Å². The van der Waals surface area contributed by atoms with Gasteiger partial charge in [-0.3, -0.25) is 10.1 Å². The van der Waals surface area contributed by atoms with Crippen LogP contribution in [0.1, 0.15) is 15.9 Å². The second kappa shape index (κ2) is 5.79. The third-order valence-corrected chi connectivity index (χ3v) is 4.43. The van der Waals surface area contributed by atoms with E-state index in [1.807, 2.05) is 37.3 Å². The van der Waals surface area contributed by atoms with Crippen LogP contribution in [-0.2, 0) is 0 Å². The van der Waals surface area contributed by atoms with Crippen LogP contribution in [0.5, 0.6) is 0 Å². The smallest absolute Gasteiger partial charge is 0.322 e. The summed E-state index contributed by atoms with van der Waals surface area (Å²) < 4.78 is 6.42. The molecule has 3 aromatic rings. The highest BCUT2D eigenvalue weighted by Crippen LogP contribution is 2.31. The van der Waals surface area contributed by atoms with Gasteiger partial charge in [-0.15, -0.1) is 16.4 Å². The summed E-state index contributed by atoms with van der Waals surface area (Å²) in [5.74, 6) is 0.112. The molecule has 0 unspecified atom stereocenters. The van der Waals surface area contributed by atoms with Crippen LogP contribution in [0.15, 0.2) is 44.6 Å². The van der Waals surface area contributed by atoms with E-state index in [4.69, 9.17) is 4.42 Å². The number of amides is 1. The quantitative estimate of drug-likeness (QED) is 0.759. The third-order valence-electron chi connectivity index (χ3n) is 2.82. The number of benzene rings is 1. The van der Waals surface area contributed by atoms with Gasteiger partial charge in [-0.25, -0.2) is 0 Å². The zero-order valence-corrected chi connectivity index (χ0v) is 13.4. The summed E-state index contributed by atoms with van der Waals surface area (Å²) in [6.45, 7) is 1.87. The monoisotopic (exact) mass is 363 g/mol. The van der Waals surface area contributed by atoms with E-state index in [0.717, 1.165) is 14.2 Å². The lowest BCUT2D eigenvalue weighted by Gasteiger charge is -2.03. The van der Waals surface area contributed by atoms with Crippen molar-refractivity contribution in [2.45, 2.75) is 6.92 Å². The van der Waals surface area contributed by atoms with Gasteiger partial charge >= 0.3 is 6.01 Å². The fourth-order valence-electron chi connectivity index (χ4n) is 1.79. The molecule has 0 saturated carbocycles. The molecule has 5 nitrogen and oxygen atoms in total. The summed E-state index contributed by atoms with van der Waals surface area (Å²) in [6, 6.07) is 11.2. The fraction of sp³-hybridized carbons (Fsp3) is 0.0714. The van der Waals surface area contributed by atoms with Crippen LogP contribution in [0.2, 0.25) is 0 Å². The van der Waals surface area contributed by atoms with E-state index in [9.17, 15) is 4.79 Å². The van der Waals surface area contributed by atoms with Crippen LogP contribution in [0, 0.1) is 6.92 Å². The van der Waals surface area contributed by atoms with Gasteiger partial charge in [-0.05, 0) is 46.6 Å². The molecule has 0 aliphatic carbocycles. The first-order chi connectivity index (χ1) is 10.1. The predicted octanol–water partition coefficient (Wildman–Crippen LogP) is 4.12. The van der Waals surface area contributed by atoms with Crippen LogP contribution in [0.3, 0.4) is 0 Å². The summed E-state index contributed by atoms with van der Waals surface area (Å²) in [4.78, 5) is 13.0. The van der Waals surface area contributed by atoms with Crippen molar-refractivity contribution in [3.8, 4) is 10.8 Å². The number of hydrogen-bond donors (Lipinski definition) is 1. The standard InChI is InChI=1S/C14H10BrN3O2S/c1-8-4-2-3-5-9(8)12(19)16-14-18-17-13(20-14)10-6-7-11(15)21-10/h2-7H,1H3,(H,16,18,19). The molecule has 1 aromatic carbocycles. The summed E-state index contributed by atoms with van der Waals surface area (Å²) in [7, 11) is 0. The van der Waals surface area contributed by atoms with Gasteiger partial charge in [0.2, 0.25) is 0 Å². The first-order valence-corrected chi connectivity index (χ1v) is 7.70. The van der Waals surface area contributed by atoms with Gasteiger partial charge in [0.25, 0.3) is 11.8 Å². The Morgan fingerprint density at radius 1 is 1.24 bits per heavy atom. The zero-order chi connectivity index (χ0) is 14.8. The second-order valence-corrected chi connectivity index (χ2v) is 6.75. The van der Waals surface area contributed by atoms with Crippen molar-refractivity contribution >= 4 is 39.2 Å². The molecule has 0 radical (unpaired) electrons. The Morgan fingerprint density at radius 2 is 2.05 bits per heavy atom. The number of halogens is 1. The Labute approximate surface area is 133 Å². The van der Waals surface area contributed by atoms with E-state index in [0.29, 0.717) is 11.5 Å². The Bertz CT molecular complexity index is 797. The number of carbonyl (C=O) groups excluding carboxylic acids is 1. The number of anilines is 1. The molecule has 0 aliphatic rings. The maximum Gasteiger partial charge on any atom is 0.322 e. The Hall–Kier alpha value is -1.99. The lowest BCUT2D eigenvalue weighted by Crippen LogP contribution is -2.13. The SMILES string of the molecule is Cc1ccccc1C(=O)Nc1nnc(-c2ccc(Br)s2)o1. The highest BCUT2D eigenvalue weighted by molar-refractivity contribution is 9.11. The van der Waals surface area contributed by atoms with Crippen molar-refractivity contribution in [1.29, 1.82) is 0 Å². The van der Waals surface area contributed by atoms with Crippen molar-refractivity contribution in [2.75, 3.05) is 5.32 Å².